The minimum Gasteiger partial charge on any atom is -0.378 e. The zero-order chi connectivity index (χ0) is 19.8. The molecule has 1 aliphatic rings. The van der Waals surface area contributed by atoms with Gasteiger partial charge in [0.25, 0.3) is 5.69 Å². The number of amides is 1. The van der Waals surface area contributed by atoms with Crippen molar-refractivity contribution in [2.75, 3.05) is 38.5 Å². The van der Waals surface area contributed by atoms with Crippen LogP contribution in [0.2, 0.25) is 0 Å². The van der Waals surface area contributed by atoms with Crippen LogP contribution in [0.15, 0.2) is 29.3 Å². The molecule has 0 radical (unpaired) electrons. The van der Waals surface area contributed by atoms with Gasteiger partial charge in [-0.3, -0.25) is 19.9 Å². The zero-order valence-corrected chi connectivity index (χ0v) is 18.8. The fourth-order valence-corrected chi connectivity index (χ4v) is 2.99. The van der Waals surface area contributed by atoms with E-state index in [1.165, 1.54) is 6.07 Å². The topological polar surface area (TPSA) is 112 Å². The number of rotatable bonds is 7. The molecule has 1 aliphatic heterocycles. The summed E-state index contributed by atoms with van der Waals surface area (Å²) in [5.74, 6) is 0.841. The molecule has 0 saturated carbocycles. The lowest BCUT2D eigenvalue weighted by atomic mass is 10.2. The molecule has 2 rings (SSSR count). The van der Waals surface area contributed by atoms with E-state index in [0.29, 0.717) is 31.3 Å². The fourth-order valence-electron chi connectivity index (χ4n) is 2.99. The summed E-state index contributed by atoms with van der Waals surface area (Å²) in [5, 5.41) is 20.6. The molecule has 0 bridgehead atoms. The van der Waals surface area contributed by atoms with E-state index in [0.717, 1.165) is 13.0 Å². The fraction of sp³-hybridized carbons (Fsp3) is 0.556. The monoisotopic (exact) mass is 504 g/mol. The molecular weight excluding hydrogens is 475 g/mol. The SMILES string of the molecule is CN=C(NCCNc1ccccc1[N+](=O)[O-])NC1CCN(C(=O)C(C)C)C1.I. The normalized spacial score (nSPS) is 16.5. The Morgan fingerprint density at radius 2 is 2.07 bits per heavy atom. The summed E-state index contributed by atoms with van der Waals surface area (Å²) in [6.45, 7) is 6.31. The highest BCUT2D eigenvalue weighted by Crippen LogP contribution is 2.22. The van der Waals surface area contributed by atoms with E-state index in [9.17, 15) is 14.9 Å². The minimum atomic E-state index is -0.402. The lowest BCUT2D eigenvalue weighted by molar-refractivity contribution is -0.384. The largest absolute Gasteiger partial charge is 0.378 e. The predicted octanol–water partition coefficient (Wildman–Crippen LogP) is 2.05. The molecule has 1 amide bonds. The Hall–Kier alpha value is -2.11. The number of nitrogens with zero attached hydrogens (tertiary/aromatic N) is 3. The van der Waals surface area contributed by atoms with Gasteiger partial charge >= 0.3 is 0 Å². The third-order valence-corrected chi connectivity index (χ3v) is 4.39. The molecule has 1 aromatic rings. The summed E-state index contributed by atoms with van der Waals surface area (Å²) >= 11 is 0. The molecule has 1 fully saturated rings. The molecule has 1 unspecified atom stereocenters. The van der Waals surface area contributed by atoms with Crippen molar-refractivity contribution in [3.63, 3.8) is 0 Å². The van der Waals surface area contributed by atoms with E-state index in [1.807, 2.05) is 18.7 Å². The molecule has 0 spiro atoms. The smallest absolute Gasteiger partial charge is 0.292 e. The molecule has 0 aliphatic carbocycles. The summed E-state index contributed by atoms with van der Waals surface area (Å²) in [7, 11) is 1.69. The lowest BCUT2D eigenvalue weighted by Gasteiger charge is -2.20. The van der Waals surface area contributed by atoms with Gasteiger partial charge in [-0.25, -0.2) is 0 Å². The maximum Gasteiger partial charge on any atom is 0.292 e. The quantitative estimate of drug-likeness (QED) is 0.131. The van der Waals surface area contributed by atoms with E-state index in [2.05, 4.69) is 20.9 Å². The van der Waals surface area contributed by atoms with Gasteiger partial charge < -0.3 is 20.9 Å². The van der Waals surface area contributed by atoms with Crippen LogP contribution < -0.4 is 16.0 Å². The number of benzene rings is 1. The number of carbonyl (C=O) groups is 1. The molecule has 0 aromatic heterocycles. The highest BCUT2D eigenvalue weighted by molar-refractivity contribution is 14.0. The summed E-state index contributed by atoms with van der Waals surface area (Å²) in [4.78, 5) is 28.8. The Morgan fingerprint density at radius 1 is 1.36 bits per heavy atom. The standard InChI is InChI=1S/C18H28N6O3.HI/c1-13(2)17(25)23-11-8-14(12-23)22-18(19-3)21-10-9-20-15-6-4-5-7-16(15)24(26)27;/h4-7,13-14,20H,8-12H2,1-3H3,(H2,19,21,22);1H. The number of aliphatic imine (C=N–C) groups is 1. The molecule has 1 heterocycles. The van der Waals surface area contributed by atoms with Gasteiger partial charge in [0.15, 0.2) is 5.96 Å². The van der Waals surface area contributed by atoms with Crippen molar-refractivity contribution in [1.82, 2.24) is 15.5 Å². The third kappa shape index (κ3) is 6.80. The first kappa shape index (κ1) is 23.9. The van der Waals surface area contributed by atoms with E-state index in [-0.39, 0.29) is 47.5 Å². The summed E-state index contributed by atoms with van der Waals surface area (Å²) in [6.07, 6.45) is 0.883. The van der Waals surface area contributed by atoms with Gasteiger partial charge in [-0.05, 0) is 12.5 Å². The predicted molar refractivity (Wildman–Crippen MR) is 121 cm³/mol. The van der Waals surface area contributed by atoms with Gasteiger partial charge in [-0.2, -0.15) is 0 Å². The summed E-state index contributed by atoms with van der Waals surface area (Å²) in [6, 6.07) is 6.72. The number of carbonyl (C=O) groups excluding carboxylic acids is 1. The Balaban J connectivity index is 0.00000392. The molecule has 28 heavy (non-hydrogen) atoms. The molecule has 9 nitrogen and oxygen atoms in total. The van der Waals surface area contributed by atoms with E-state index in [4.69, 9.17) is 0 Å². The number of hydrogen-bond donors (Lipinski definition) is 3. The summed E-state index contributed by atoms with van der Waals surface area (Å²) < 4.78 is 0. The van der Waals surface area contributed by atoms with Crippen molar-refractivity contribution in [1.29, 1.82) is 0 Å². The molecule has 10 heteroatoms. The number of nitro groups is 1. The van der Waals surface area contributed by atoms with Crippen molar-refractivity contribution in [2.24, 2.45) is 10.9 Å². The molecule has 1 atom stereocenters. The maximum absolute atomic E-state index is 12.1. The van der Waals surface area contributed by atoms with Gasteiger partial charge in [0.2, 0.25) is 5.91 Å². The third-order valence-electron chi connectivity index (χ3n) is 4.39. The molecule has 156 valence electrons. The van der Waals surface area contributed by atoms with E-state index in [1.54, 1.807) is 25.2 Å². The number of guanidine groups is 1. The molecule has 1 aromatic carbocycles. The lowest BCUT2D eigenvalue weighted by Crippen LogP contribution is -2.46. The molecular formula is C18H29IN6O3. The number of halogens is 1. The second-order valence-corrected chi connectivity index (χ2v) is 6.77. The van der Waals surface area contributed by atoms with Gasteiger partial charge in [0, 0.05) is 51.3 Å². The Morgan fingerprint density at radius 3 is 2.71 bits per heavy atom. The second-order valence-electron chi connectivity index (χ2n) is 6.77. The Kier molecular flexibility index (Phi) is 9.97. The minimum absolute atomic E-state index is 0. The second kappa shape index (κ2) is 11.7. The van der Waals surface area contributed by atoms with Crippen LogP contribution in [-0.4, -0.2) is 61.0 Å². The number of nitrogens with one attached hydrogen (secondary N) is 3. The van der Waals surface area contributed by atoms with Gasteiger partial charge in [-0.1, -0.05) is 26.0 Å². The zero-order valence-electron chi connectivity index (χ0n) is 16.5. The van der Waals surface area contributed by atoms with Gasteiger partial charge in [0.05, 0.1) is 4.92 Å². The van der Waals surface area contributed by atoms with Crippen LogP contribution in [0, 0.1) is 16.0 Å². The van der Waals surface area contributed by atoms with Gasteiger partial charge in [0.1, 0.15) is 5.69 Å². The number of nitro benzene ring substituents is 1. The van der Waals surface area contributed by atoms with Crippen LogP contribution in [0.5, 0.6) is 0 Å². The Bertz CT molecular complexity index is 698. The highest BCUT2D eigenvalue weighted by Gasteiger charge is 2.27. The van der Waals surface area contributed by atoms with Crippen molar-refractivity contribution in [2.45, 2.75) is 26.3 Å². The number of anilines is 1. The van der Waals surface area contributed by atoms with Crippen molar-refractivity contribution < 1.29 is 9.72 Å². The van der Waals surface area contributed by atoms with Crippen molar-refractivity contribution in [3.05, 3.63) is 34.4 Å². The number of hydrogen-bond acceptors (Lipinski definition) is 5. The van der Waals surface area contributed by atoms with Crippen molar-refractivity contribution in [3.8, 4) is 0 Å². The van der Waals surface area contributed by atoms with Crippen LogP contribution in [0.3, 0.4) is 0 Å². The first-order chi connectivity index (χ1) is 12.9. The average Bonchev–Trinajstić information content (AvgIpc) is 3.12. The van der Waals surface area contributed by atoms with Crippen molar-refractivity contribution >= 4 is 47.2 Å². The van der Waals surface area contributed by atoms with Gasteiger partial charge in [-0.15, -0.1) is 24.0 Å². The van der Waals surface area contributed by atoms with Crippen LogP contribution in [0.4, 0.5) is 11.4 Å². The summed E-state index contributed by atoms with van der Waals surface area (Å²) in [5.41, 5.74) is 0.548. The van der Waals surface area contributed by atoms with Crippen LogP contribution in [0.1, 0.15) is 20.3 Å². The molecule has 1 saturated heterocycles. The van der Waals surface area contributed by atoms with E-state index >= 15 is 0 Å². The first-order valence-electron chi connectivity index (χ1n) is 9.15. The Labute approximate surface area is 182 Å². The molecule has 3 N–H and O–H groups in total. The van der Waals surface area contributed by atoms with Crippen LogP contribution in [0.25, 0.3) is 0 Å². The maximum atomic E-state index is 12.1. The number of likely N-dealkylation sites (tertiary alicyclic amines) is 1. The van der Waals surface area contributed by atoms with E-state index < -0.39 is 4.92 Å². The average molecular weight is 504 g/mol. The highest BCUT2D eigenvalue weighted by atomic mass is 127. The van der Waals surface area contributed by atoms with Crippen LogP contribution in [-0.2, 0) is 4.79 Å². The first-order valence-corrected chi connectivity index (χ1v) is 9.15. The number of para-hydroxylation sites is 2. The van der Waals surface area contributed by atoms with Crippen LogP contribution >= 0.6 is 24.0 Å².